The molecular weight excluding hydrogens is 361 g/mol. The minimum absolute atomic E-state index is 0.00414. The number of benzene rings is 1. The molecule has 2 rings (SSSR count). The third-order valence-electron chi connectivity index (χ3n) is 4.25. The average Bonchev–Trinajstić information content (AvgIpc) is 2.53. The predicted molar refractivity (Wildman–Crippen MR) is 93.1 cm³/mol. The van der Waals surface area contributed by atoms with Crippen molar-refractivity contribution in [3.8, 4) is 0 Å². The molecule has 4 N–H and O–H groups in total. The van der Waals surface area contributed by atoms with Gasteiger partial charge in [-0.15, -0.1) is 0 Å². The largest absolute Gasteiger partial charge is 0.336 e. The monoisotopic (exact) mass is 381 g/mol. The van der Waals surface area contributed by atoms with Gasteiger partial charge in [-0.25, -0.2) is 4.39 Å². The highest BCUT2D eigenvalue weighted by atomic mass is 79.9. The topological polar surface area (TPSA) is 72.3 Å². The standard InChI is InChI=1S/C17H21BrFN3O/c1-10(12-5-3-4-6-14(12)18)13-9-11(19)7-8-15(13)22(2)17(23)16(20)21/h3-10,13,15-16H,20-21H2,1-2H3. The SMILES string of the molecule is CC(c1ccccc1Br)C1C=C(F)C=CC1N(C)C(=O)C(N)N. The molecule has 1 amide bonds. The Hall–Kier alpha value is -1.50. The normalized spacial score (nSPS) is 22.0. The van der Waals surface area contributed by atoms with Gasteiger partial charge in [0, 0.05) is 17.4 Å². The Balaban J connectivity index is 2.34. The number of halogens is 2. The first-order chi connectivity index (χ1) is 10.8. The summed E-state index contributed by atoms with van der Waals surface area (Å²) in [5, 5.41) is 0. The summed E-state index contributed by atoms with van der Waals surface area (Å²) in [6, 6.07) is 7.50. The molecule has 1 aliphatic carbocycles. The second kappa shape index (κ2) is 7.38. The summed E-state index contributed by atoms with van der Waals surface area (Å²) in [4.78, 5) is 13.6. The number of hydrogen-bond donors (Lipinski definition) is 2. The molecule has 0 saturated heterocycles. The van der Waals surface area contributed by atoms with Gasteiger partial charge in [-0.05, 0) is 29.7 Å². The third-order valence-corrected chi connectivity index (χ3v) is 4.97. The Kier molecular flexibility index (Phi) is 5.73. The highest BCUT2D eigenvalue weighted by Crippen LogP contribution is 2.37. The lowest BCUT2D eigenvalue weighted by molar-refractivity contribution is -0.133. The summed E-state index contributed by atoms with van der Waals surface area (Å²) in [6.45, 7) is 2.02. The molecule has 0 aliphatic heterocycles. The van der Waals surface area contributed by atoms with Crippen molar-refractivity contribution in [3.63, 3.8) is 0 Å². The van der Waals surface area contributed by atoms with E-state index in [1.165, 1.54) is 11.0 Å². The van der Waals surface area contributed by atoms with E-state index in [9.17, 15) is 9.18 Å². The summed E-state index contributed by atoms with van der Waals surface area (Å²) < 4.78 is 14.8. The van der Waals surface area contributed by atoms with Crippen LogP contribution in [0.1, 0.15) is 18.4 Å². The Labute approximate surface area is 144 Å². The van der Waals surface area contributed by atoms with Crippen molar-refractivity contribution in [1.82, 2.24) is 4.90 Å². The van der Waals surface area contributed by atoms with Crippen molar-refractivity contribution in [2.24, 2.45) is 17.4 Å². The Morgan fingerprint density at radius 2 is 2.00 bits per heavy atom. The van der Waals surface area contributed by atoms with Gasteiger partial charge in [0.25, 0.3) is 5.91 Å². The quantitative estimate of drug-likeness (QED) is 0.787. The number of rotatable bonds is 4. The molecule has 0 bridgehead atoms. The Bertz CT molecular complexity index is 644. The summed E-state index contributed by atoms with van der Waals surface area (Å²) in [6.07, 6.45) is 3.54. The van der Waals surface area contributed by atoms with Gasteiger partial charge in [0.05, 0.1) is 6.04 Å². The first kappa shape index (κ1) is 17.8. The summed E-state index contributed by atoms with van der Waals surface area (Å²) in [5.74, 6) is -0.898. The van der Waals surface area contributed by atoms with Gasteiger partial charge in [-0.3, -0.25) is 4.79 Å². The number of carbonyl (C=O) groups is 1. The second-order valence-electron chi connectivity index (χ2n) is 5.76. The zero-order valence-corrected chi connectivity index (χ0v) is 14.7. The van der Waals surface area contributed by atoms with E-state index < -0.39 is 6.17 Å². The number of nitrogens with zero attached hydrogens (tertiary/aromatic N) is 1. The zero-order valence-electron chi connectivity index (χ0n) is 13.1. The number of allylic oxidation sites excluding steroid dienone is 2. The molecule has 0 heterocycles. The molecule has 23 heavy (non-hydrogen) atoms. The zero-order chi connectivity index (χ0) is 17.1. The van der Waals surface area contributed by atoms with Crippen LogP contribution in [0.3, 0.4) is 0 Å². The van der Waals surface area contributed by atoms with Gasteiger partial charge in [-0.1, -0.05) is 47.1 Å². The molecule has 3 atom stereocenters. The van der Waals surface area contributed by atoms with Crippen LogP contribution >= 0.6 is 15.9 Å². The predicted octanol–water partition coefficient (Wildman–Crippen LogP) is 2.66. The van der Waals surface area contributed by atoms with Crippen LogP contribution in [0.5, 0.6) is 0 Å². The van der Waals surface area contributed by atoms with Crippen LogP contribution in [-0.2, 0) is 4.79 Å². The van der Waals surface area contributed by atoms with Crippen molar-refractivity contribution in [2.75, 3.05) is 7.05 Å². The molecule has 0 aromatic heterocycles. The number of nitrogens with two attached hydrogens (primary N) is 2. The lowest BCUT2D eigenvalue weighted by Crippen LogP contribution is -2.52. The molecule has 0 spiro atoms. The smallest absolute Gasteiger partial charge is 0.254 e. The van der Waals surface area contributed by atoms with Crippen LogP contribution in [-0.4, -0.2) is 30.1 Å². The fraction of sp³-hybridized carbons (Fsp3) is 0.353. The molecule has 4 nitrogen and oxygen atoms in total. The van der Waals surface area contributed by atoms with Crippen molar-refractivity contribution < 1.29 is 9.18 Å². The number of amides is 1. The summed E-state index contributed by atoms with van der Waals surface area (Å²) in [5.41, 5.74) is 12.0. The number of carbonyl (C=O) groups excluding carboxylic acids is 1. The first-order valence-electron chi connectivity index (χ1n) is 7.40. The highest BCUT2D eigenvalue weighted by molar-refractivity contribution is 9.10. The van der Waals surface area contributed by atoms with E-state index in [4.69, 9.17) is 11.5 Å². The summed E-state index contributed by atoms with van der Waals surface area (Å²) in [7, 11) is 1.64. The van der Waals surface area contributed by atoms with Crippen LogP contribution in [0, 0.1) is 5.92 Å². The molecule has 1 aromatic rings. The van der Waals surface area contributed by atoms with Crippen molar-refractivity contribution in [2.45, 2.75) is 25.0 Å². The molecule has 124 valence electrons. The van der Waals surface area contributed by atoms with Gasteiger partial charge in [0.1, 0.15) is 12.0 Å². The second-order valence-corrected chi connectivity index (χ2v) is 6.62. The van der Waals surface area contributed by atoms with Gasteiger partial charge >= 0.3 is 0 Å². The van der Waals surface area contributed by atoms with Crippen molar-refractivity contribution in [3.05, 3.63) is 58.4 Å². The van der Waals surface area contributed by atoms with Crippen LogP contribution in [0.15, 0.2) is 52.8 Å². The van der Waals surface area contributed by atoms with Gasteiger partial charge in [-0.2, -0.15) is 0 Å². The van der Waals surface area contributed by atoms with E-state index in [2.05, 4.69) is 15.9 Å². The van der Waals surface area contributed by atoms with Crippen LogP contribution in [0.4, 0.5) is 4.39 Å². The molecular formula is C17H21BrFN3O. The lowest BCUT2D eigenvalue weighted by Gasteiger charge is -2.37. The fourth-order valence-electron chi connectivity index (χ4n) is 2.92. The third kappa shape index (κ3) is 3.88. The van der Waals surface area contributed by atoms with E-state index in [1.807, 2.05) is 31.2 Å². The van der Waals surface area contributed by atoms with E-state index in [0.29, 0.717) is 0 Å². The van der Waals surface area contributed by atoms with E-state index in [0.717, 1.165) is 10.0 Å². The molecule has 0 radical (unpaired) electrons. The van der Waals surface area contributed by atoms with Gasteiger partial charge in [0.15, 0.2) is 0 Å². The first-order valence-corrected chi connectivity index (χ1v) is 8.20. The van der Waals surface area contributed by atoms with Crippen molar-refractivity contribution >= 4 is 21.8 Å². The van der Waals surface area contributed by atoms with E-state index >= 15 is 0 Å². The maximum Gasteiger partial charge on any atom is 0.254 e. The molecule has 0 saturated carbocycles. The fourth-order valence-corrected chi connectivity index (χ4v) is 3.56. The minimum atomic E-state index is -1.08. The van der Waals surface area contributed by atoms with Crippen LogP contribution < -0.4 is 11.5 Å². The van der Waals surface area contributed by atoms with Gasteiger partial charge < -0.3 is 16.4 Å². The van der Waals surface area contributed by atoms with E-state index in [-0.39, 0.29) is 29.6 Å². The maximum atomic E-state index is 13.8. The summed E-state index contributed by atoms with van der Waals surface area (Å²) >= 11 is 3.53. The molecule has 0 fully saturated rings. The maximum absolute atomic E-state index is 13.8. The highest BCUT2D eigenvalue weighted by Gasteiger charge is 2.33. The van der Waals surface area contributed by atoms with Gasteiger partial charge in [0.2, 0.25) is 0 Å². The lowest BCUT2D eigenvalue weighted by atomic mass is 9.79. The molecule has 3 unspecified atom stereocenters. The number of hydrogen-bond acceptors (Lipinski definition) is 3. The molecule has 1 aromatic carbocycles. The van der Waals surface area contributed by atoms with E-state index in [1.54, 1.807) is 19.2 Å². The Morgan fingerprint density at radius 1 is 1.35 bits per heavy atom. The van der Waals surface area contributed by atoms with Crippen LogP contribution in [0.2, 0.25) is 0 Å². The average molecular weight is 382 g/mol. The van der Waals surface area contributed by atoms with Crippen LogP contribution in [0.25, 0.3) is 0 Å². The Morgan fingerprint density at radius 3 is 2.61 bits per heavy atom. The van der Waals surface area contributed by atoms with Crippen molar-refractivity contribution in [1.29, 1.82) is 0 Å². The number of likely N-dealkylation sites (N-methyl/N-ethyl adjacent to an activating group) is 1. The molecule has 6 heteroatoms. The molecule has 1 aliphatic rings. The minimum Gasteiger partial charge on any atom is -0.336 e.